The molecule has 2 aromatic heterocycles. The molecule has 1 aromatic carbocycles. The molecule has 3 rings (SSSR count). The highest BCUT2D eigenvalue weighted by molar-refractivity contribution is 5.92. The van der Waals surface area contributed by atoms with E-state index in [2.05, 4.69) is 20.3 Å². The maximum atomic E-state index is 12.5. The van der Waals surface area contributed by atoms with Crippen molar-refractivity contribution in [1.82, 2.24) is 24.8 Å². The lowest BCUT2D eigenvalue weighted by Gasteiger charge is -2.19. The molecule has 0 unspecified atom stereocenters. The van der Waals surface area contributed by atoms with Crippen molar-refractivity contribution in [3.05, 3.63) is 72.3 Å². The molecule has 1 N–H and O–H groups in total. The zero-order valence-electron chi connectivity index (χ0n) is 13.4. The van der Waals surface area contributed by atoms with Crippen LogP contribution in [0.4, 0.5) is 0 Å². The largest absolute Gasteiger partial charge is 0.497 e. The molecule has 0 aliphatic rings. The lowest BCUT2D eigenvalue weighted by Crippen LogP contribution is -2.31. The number of aromatic nitrogens is 4. The predicted molar refractivity (Wildman–Crippen MR) is 87.5 cm³/mol. The van der Waals surface area contributed by atoms with Gasteiger partial charge in [-0.15, -0.1) is 0 Å². The maximum absolute atomic E-state index is 12.5. The van der Waals surface area contributed by atoms with Crippen LogP contribution in [0.1, 0.15) is 27.9 Å². The summed E-state index contributed by atoms with van der Waals surface area (Å²) in [6.07, 6.45) is 7.95. The zero-order valence-corrected chi connectivity index (χ0v) is 13.4. The van der Waals surface area contributed by atoms with Crippen molar-refractivity contribution < 1.29 is 9.53 Å². The summed E-state index contributed by atoms with van der Waals surface area (Å²) in [5.41, 5.74) is 1.11. The number of methoxy groups -OCH3 is 1. The normalized spacial score (nSPS) is 11.8. The topological polar surface area (TPSA) is 81.9 Å². The van der Waals surface area contributed by atoms with Gasteiger partial charge in [0.05, 0.1) is 13.3 Å². The van der Waals surface area contributed by atoms with Crippen LogP contribution in [0.5, 0.6) is 5.75 Å². The second-order valence-corrected chi connectivity index (χ2v) is 5.17. The third-order valence-electron chi connectivity index (χ3n) is 3.62. The summed E-state index contributed by atoms with van der Waals surface area (Å²) in [5, 5.41) is 2.96. The minimum atomic E-state index is -0.436. The fourth-order valence-electron chi connectivity index (χ4n) is 2.39. The van der Waals surface area contributed by atoms with E-state index >= 15 is 0 Å². The number of rotatable bonds is 5. The van der Waals surface area contributed by atoms with Crippen molar-refractivity contribution >= 4 is 5.91 Å². The van der Waals surface area contributed by atoms with Crippen LogP contribution in [0.15, 0.2) is 55.2 Å². The Morgan fingerprint density at radius 1 is 1.25 bits per heavy atom. The van der Waals surface area contributed by atoms with E-state index in [-0.39, 0.29) is 11.6 Å². The van der Waals surface area contributed by atoms with Gasteiger partial charge in [0.25, 0.3) is 5.91 Å². The number of ether oxygens (including phenoxy) is 1. The predicted octanol–water partition coefficient (Wildman–Crippen LogP) is 1.74. The van der Waals surface area contributed by atoms with Gasteiger partial charge in [-0.2, -0.15) is 0 Å². The summed E-state index contributed by atoms with van der Waals surface area (Å²) in [6, 6.07) is 7.08. The highest BCUT2D eigenvalue weighted by Gasteiger charge is 2.22. The van der Waals surface area contributed by atoms with E-state index in [1.54, 1.807) is 13.3 Å². The molecule has 0 saturated heterocycles. The van der Waals surface area contributed by atoms with E-state index < -0.39 is 6.04 Å². The number of hydrogen-bond donors (Lipinski definition) is 1. The summed E-state index contributed by atoms with van der Waals surface area (Å²) in [6.45, 7) is 0. The third kappa shape index (κ3) is 3.24. The van der Waals surface area contributed by atoms with Crippen molar-refractivity contribution in [3.8, 4) is 5.75 Å². The first kappa shape index (κ1) is 15.7. The minimum Gasteiger partial charge on any atom is -0.497 e. The van der Waals surface area contributed by atoms with Crippen LogP contribution in [0, 0.1) is 0 Å². The van der Waals surface area contributed by atoms with Gasteiger partial charge in [0, 0.05) is 31.8 Å². The van der Waals surface area contributed by atoms with E-state index in [1.807, 2.05) is 42.1 Å². The summed E-state index contributed by atoms with van der Waals surface area (Å²) >= 11 is 0. The van der Waals surface area contributed by atoms with Gasteiger partial charge >= 0.3 is 0 Å². The minimum absolute atomic E-state index is 0.250. The molecule has 1 atom stereocenters. The first-order chi connectivity index (χ1) is 11.7. The average Bonchev–Trinajstić information content (AvgIpc) is 3.06. The monoisotopic (exact) mass is 323 g/mol. The molecule has 122 valence electrons. The highest BCUT2D eigenvalue weighted by Crippen LogP contribution is 2.24. The number of benzene rings is 1. The van der Waals surface area contributed by atoms with E-state index in [0.29, 0.717) is 11.6 Å². The Morgan fingerprint density at radius 2 is 2.12 bits per heavy atom. The number of carbonyl (C=O) groups excluding carboxylic acids is 1. The van der Waals surface area contributed by atoms with Crippen LogP contribution in [0.25, 0.3) is 0 Å². The Balaban J connectivity index is 1.96. The standard InChI is InChI=1S/C17H17N5O2/c1-22-9-8-20-16(22)15(12-4-3-5-13(10-12)24-2)21-17(23)14-11-18-6-7-19-14/h3-11,15H,1-2H3,(H,21,23)/t15-/m1/s1. The fourth-order valence-corrected chi connectivity index (χ4v) is 2.39. The molecule has 0 saturated carbocycles. The van der Waals surface area contributed by atoms with Crippen molar-refractivity contribution in [2.45, 2.75) is 6.04 Å². The van der Waals surface area contributed by atoms with Gasteiger partial charge in [0.1, 0.15) is 23.3 Å². The Kier molecular flexibility index (Phi) is 4.51. The smallest absolute Gasteiger partial charge is 0.272 e. The number of nitrogens with one attached hydrogen (secondary N) is 1. The maximum Gasteiger partial charge on any atom is 0.272 e. The van der Waals surface area contributed by atoms with E-state index in [1.165, 1.54) is 18.6 Å². The molecule has 3 aromatic rings. The van der Waals surface area contributed by atoms with Crippen molar-refractivity contribution in [2.24, 2.45) is 7.05 Å². The van der Waals surface area contributed by atoms with Crippen LogP contribution in [-0.2, 0) is 7.05 Å². The third-order valence-corrected chi connectivity index (χ3v) is 3.62. The molecule has 0 aliphatic carbocycles. The summed E-state index contributed by atoms with van der Waals surface area (Å²) in [5.74, 6) is 1.10. The number of carbonyl (C=O) groups is 1. The van der Waals surface area contributed by atoms with Gasteiger partial charge in [-0.1, -0.05) is 12.1 Å². The lowest BCUT2D eigenvalue weighted by molar-refractivity contribution is 0.0935. The van der Waals surface area contributed by atoms with E-state index in [0.717, 1.165) is 5.56 Å². The molecule has 7 nitrogen and oxygen atoms in total. The number of aryl methyl sites for hydroxylation is 1. The molecule has 0 aliphatic heterocycles. The van der Waals surface area contributed by atoms with Crippen molar-refractivity contribution in [2.75, 3.05) is 7.11 Å². The Morgan fingerprint density at radius 3 is 2.79 bits per heavy atom. The molecule has 0 spiro atoms. The second kappa shape index (κ2) is 6.91. The molecular weight excluding hydrogens is 306 g/mol. The molecule has 24 heavy (non-hydrogen) atoms. The molecule has 0 radical (unpaired) electrons. The summed E-state index contributed by atoms with van der Waals surface area (Å²) < 4.78 is 7.14. The van der Waals surface area contributed by atoms with E-state index in [9.17, 15) is 4.79 Å². The van der Waals surface area contributed by atoms with Crippen molar-refractivity contribution in [1.29, 1.82) is 0 Å². The second-order valence-electron chi connectivity index (χ2n) is 5.17. The lowest BCUT2D eigenvalue weighted by atomic mass is 10.1. The Labute approximate surface area is 139 Å². The number of nitrogens with zero attached hydrogens (tertiary/aromatic N) is 4. The SMILES string of the molecule is COc1cccc([C@@H](NC(=O)c2cnccn2)c2nccn2C)c1. The molecule has 0 bridgehead atoms. The van der Waals surface area contributed by atoms with Gasteiger partial charge in [-0.05, 0) is 17.7 Å². The van der Waals surface area contributed by atoms with Gasteiger partial charge in [0.15, 0.2) is 0 Å². The first-order valence-corrected chi connectivity index (χ1v) is 7.37. The summed E-state index contributed by atoms with van der Waals surface area (Å²) in [7, 11) is 3.48. The van der Waals surface area contributed by atoms with Gasteiger partial charge in [0.2, 0.25) is 0 Å². The molecule has 7 heteroatoms. The summed E-state index contributed by atoms with van der Waals surface area (Å²) in [4.78, 5) is 24.8. The number of hydrogen-bond acceptors (Lipinski definition) is 5. The van der Waals surface area contributed by atoms with Crippen LogP contribution in [-0.4, -0.2) is 32.5 Å². The van der Waals surface area contributed by atoms with Crippen LogP contribution >= 0.6 is 0 Å². The Bertz CT molecular complexity index is 832. The molecule has 1 amide bonds. The fraction of sp³-hybridized carbons (Fsp3) is 0.176. The number of imidazole rings is 1. The molecular formula is C17H17N5O2. The van der Waals surface area contributed by atoms with Gasteiger partial charge in [-0.25, -0.2) is 9.97 Å². The number of amides is 1. The highest BCUT2D eigenvalue weighted by atomic mass is 16.5. The van der Waals surface area contributed by atoms with Crippen LogP contribution in [0.3, 0.4) is 0 Å². The van der Waals surface area contributed by atoms with Gasteiger partial charge in [-0.3, -0.25) is 9.78 Å². The van der Waals surface area contributed by atoms with Crippen molar-refractivity contribution in [3.63, 3.8) is 0 Å². The first-order valence-electron chi connectivity index (χ1n) is 7.37. The quantitative estimate of drug-likeness (QED) is 0.773. The molecule has 0 fully saturated rings. The van der Waals surface area contributed by atoms with E-state index in [4.69, 9.17) is 4.74 Å². The average molecular weight is 323 g/mol. The molecule has 2 heterocycles. The van der Waals surface area contributed by atoms with Crippen LogP contribution < -0.4 is 10.1 Å². The van der Waals surface area contributed by atoms with Gasteiger partial charge < -0.3 is 14.6 Å². The Hall–Kier alpha value is -3.22. The van der Waals surface area contributed by atoms with Crippen LogP contribution in [0.2, 0.25) is 0 Å². The zero-order chi connectivity index (χ0) is 16.9.